The molecule has 0 spiro atoms. The predicted molar refractivity (Wildman–Crippen MR) is 104 cm³/mol. The van der Waals surface area contributed by atoms with Gasteiger partial charge in [-0.2, -0.15) is 0 Å². The summed E-state index contributed by atoms with van der Waals surface area (Å²) in [6.45, 7) is 4.92. The smallest absolute Gasteiger partial charge is 0.306 e. The van der Waals surface area contributed by atoms with E-state index in [2.05, 4.69) is 44.7 Å². The fourth-order valence-electron chi connectivity index (χ4n) is 3.37. The molecule has 0 amide bonds. The number of hydrogen-bond donors (Lipinski definition) is 1. The lowest BCUT2D eigenvalue weighted by molar-refractivity contribution is -0.143. The van der Waals surface area contributed by atoms with Crippen LogP contribution in [0.1, 0.15) is 48.2 Å². The number of aryl methyl sites for hydroxylation is 2. The van der Waals surface area contributed by atoms with Gasteiger partial charge in [-0.05, 0) is 78.5 Å². The molecule has 0 aliphatic heterocycles. The number of imidazole rings is 1. The number of nitrogens with one attached hydrogen (secondary N) is 1. The maximum atomic E-state index is 11.7. The zero-order valence-corrected chi connectivity index (χ0v) is 16.8. The number of benzene rings is 1. The molecule has 0 saturated carbocycles. The van der Waals surface area contributed by atoms with Crippen LogP contribution in [0.3, 0.4) is 0 Å². The number of rotatable bonds is 7. The normalized spacial score (nSPS) is 15.9. The highest BCUT2D eigenvalue weighted by atomic mass is 127. The average Bonchev–Trinajstić information content (AvgIpc) is 3.10. The first-order valence-electron chi connectivity index (χ1n) is 8.69. The minimum Gasteiger partial charge on any atom is -0.493 e. The first-order chi connectivity index (χ1) is 12.1. The van der Waals surface area contributed by atoms with E-state index in [-0.39, 0.29) is 11.9 Å². The number of halogens is 1. The lowest BCUT2D eigenvalue weighted by atomic mass is 9.98. The maximum Gasteiger partial charge on any atom is 0.306 e. The molecule has 0 radical (unpaired) electrons. The first kappa shape index (κ1) is 18.2. The molecule has 5 nitrogen and oxygen atoms in total. The molecule has 0 bridgehead atoms. The third-order valence-corrected chi connectivity index (χ3v) is 5.11. The van der Waals surface area contributed by atoms with Crippen molar-refractivity contribution in [2.45, 2.75) is 45.4 Å². The molecule has 2 aromatic rings. The van der Waals surface area contributed by atoms with Gasteiger partial charge < -0.3 is 14.5 Å². The Hall–Kier alpha value is -1.57. The molecular weight excluding hydrogens is 431 g/mol. The van der Waals surface area contributed by atoms with Gasteiger partial charge in [0.25, 0.3) is 0 Å². The van der Waals surface area contributed by atoms with E-state index in [9.17, 15) is 4.79 Å². The topological polar surface area (TPSA) is 64.2 Å². The van der Waals surface area contributed by atoms with Crippen LogP contribution < -0.4 is 4.74 Å². The number of nitrogens with zero attached hydrogens (tertiary/aromatic N) is 1. The molecule has 1 aromatic heterocycles. The second-order valence-corrected chi connectivity index (χ2v) is 7.32. The van der Waals surface area contributed by atoms with Crippen molar-refractivity contribution >= 4 is 28.6 Å². The van der Waals surface area contributed by atoms with E-state index < -0.39 is 0 Å². The fraction of sp³-hybridized carbons (Fsp3) is 0.474. The van der Waals surface area contributed by atoms with Crippen LogP contribution in [-0.2, 0) is 22.4 Å². The number of hydrogen-bond acceptors (Lipinski definition) is 4. The van der Waals surface area contributed by atoms with Crippen LogP contribution in [0.25, 0.3) is 0 Å². The van der Waals surface area contributed by atoms with E-state index in [1.807, 2.05) is 19.9 Å². The summed E-state index contributed by atoms with van der Waals surface area (Å²) in [6.07, 6.45) is 3.25. The Morgan fingerprint density at radius 3 is 3.00 bits per heavy atom. The number of esters is 1. The van der Waals surface area contributed by atoms with Gasteiger partial charge in [-0.3, -0.25) is 4.79 Å². The van der Waals surface area contributed by atoms with Crippen molar-refractivity contribution in [3.8, 4) is 5.75 Å². The van der Waals surface area contributed by atoms with Crippen LogP contribution in [0.2, 0.25) is 0 Å². The van der Waals surface area contributed by atoms with Gasteiger partial charge in [-0.1, -0.05) is 6.07 Å². The van der Waals surface area contributed by atoms with E-state index in [0.717, 1.165) is 40.2 Å². The van der Waals surface area contributed by atoms with Crippen molar-refractivity contribution in [3.05, 3.63) is 44.5 Å². The van der Waals surface area contributed by atoms with Crippen molar-refractivity contribution in [2.24, 2.45) is 0 Å². The summed E-state index contributed by atoms with van der Waals surface area (Å²) in [5.74, 6) is 1.06. The molecule has 1 heterocycles. The second kappa shape index (κ2) is 8.21. The Balaban J connectivity index is 1.57. The van der Waals surface area contributed by atoms with Crippen LogP contribution in [0.5, 0.6) is 5.75 Å². The minimum absolute atomic E-state index is 0.107. The number of aromatic amines is 1. The number of fused-ring (bicyclic) bond motifs is 1. The van der Waals surface area contributed by atoms with Crippen LogP contribution in [0.4, 0.5) is 0 Å². The molecule has 25 heavy (non-hydrogen) atoms. The molecule has 1 aliphatic rings. The molecule has 6 heteroatoms. The lowest BCUT2D eigenvalue weighted by Crippen LogP contribution is -2.08. The summed E-state index contributed by atoms with van der Waals surface area (Å²) < 4.78 is 11.9. The first-order valence-corrected chi connectivity index (χ1v) is 9.77. The Morgan fingerprint density at radius 2 is 2.28 bits per heavy atom. The summed E-state index contributed by atoms with van der Waals surface area (Å²) in [5, 5.41) is 0. The van der Waals surface area contributed by atoms with Crippen LogP contribution in [-0.4, -0.2) is 29.2 Å². The van der Waals surface area contributed by atoms with Crippen molar-refractivity contribution in [1.29, 1.82) is 0 Å². The predicted octanol–water partition coefficient (Wildman–Crippen LogP) is 3.93. The summed E-state index contributed by atoms with van der Waals surface area (Å²) in [5.41, 5.74) is 4.71. The van der Waals surface area contributed by atoms with Crippen molar-refractivity contribution < 1.29 is 14.3 Å². The molecule has 0 saturated heterocycles. The van der Waals surface area contributed by atoms with Gasteiger partial charge in [0.05, 0.1) is 25.3 Å². The number of carbonyl (C=O) groups excluding carboxylic acids is 1. The highest BCUT2D eigenvalue weighted by Gasteiger charge is 2.25. The van der Waals surface area contributed by atoms with Gasteiger partial charge in [-0.15, -0.1) is 0 Å². The highest BCUT2D eigenvalue weighted by Crippen LogP contribution is 2.37. The van der Waals surface area contributed by atoms with E-state index in [1.165, 1.54) is 11.1 Å². The molecule has 1 atom stereocenters. The molecule has 3 rings (SSSR count). The summed E-state index contributed by atoms with van der Waals surface area (Å²) in [6, 6.07) is 6.22. The molecule has 1 aromatic carbocycles. The average molecular weight is 454 g/mol. The SMILES string of the molecule is CCOC(=O)C[C@@H]1CCc2cc(OCCc3nc(I)[nH]c3C)ccc21. The molecule has 0 fully saturated rings. The zero-order chi connectivity index (χ0) is 17.8. The third-order valence-electron chi connectivity index (χ3n) is 4.60. The van der Waals surface area contributed by atoms with Crippen molar-refractivity contribution in [1.82, 2.24) is 9.97 Å². The Bertz CT molecular complexity index is 757. The largest absolute Gasteiger partial charge is 0.493 e. The molecule has 1 N–H and O–H groups in total. The molecule has 134 valence electrons. The number of ether oxygens (including phenoxy) is 2. The highest BCUT2D eigenvalue weighted by molar-refractivity contribution is 14.1. The van der Waals surface area contributed by atoms with Gasteiger partial charge >= 0.3 is 5.97 Å². The summed E-state index contributed by atoms with van der Waals surface area (Å²) in [4.78, 5) is 19.4. The molecule has 1 aliphatic carbocycles. The van der Waals surface area contributed by atoms with E-state index >= 15 is 0 Å². The monoisotopic (exact) mass is 454 g/mol. The number of H-pyrrole nitrogens is 1. The lowest BCUT2D eigenvalue weighted by Gasteiger charge is -2.12. The van der Waals surface area contributed by atoms with Crippen molar-refractivity contribution in [2.75, 3.05) is 13.2 Å². The van der Waals surface area contributed by atoms with Crippen LogP contribution in [0, 0.1) is 10.8 Å². The zero-order valence-electron chi connectivity index (χ0n) is 14.6. The van der Waals surface area contributed by atoms with Gasteiger partial charge in [0.15, 0.2) is 3.83 Å². The maximum absolute atomic E-state index is 11.7. The van der Waals surface area contributed by atoms with Crippen LogP contribution >= 0.6 is 22.6 Å². The Labute approximate surface area is 161 Å². The van der Waals surface area contributed by atoms with Gasteiger partial charge in [-0.25, -0.2) is 4.98 Å². The van der Waals surface area contributed by atoms with E-state index in [1.54, 1.807) is 0 Å². The van der Waals surface area contributed by atoms with E-state index in [4.69, 9.17) is 9.47 Å². The van der Waals surface area contributed by atoms with Gasteiger partial charge in [0, 0.05) is 12.1 Å². The van der Waals surface area contributed by atoms with Gasteiger partial charge in [0.1, 0.15) is 5.75 Å². The summed E-state index contributed by atoms with van der Waals surface area (Å²) >= 11 is 2.18. The second-order valence-electron chi connectivity index (χ2n) is 6.30. The Morgan fingerprint density at radius 1 is 1.44 bits per heavy atom. The fourth-order valence-corrected chi connectivity index (χ4v) is 4.07. The minimum atomic E-state index is -0.107. The standard InChI is InChI=1S/C19H23IN2O3/c1-3-24-18(23)11-14-5-4-13-10-15(6-7-16(13)14)25-9-8-17-12(2)21-19(20)22-17/h6-7,10,14H,3-5,8-9,11H2,1-2H3,(H,21,22)/t14-/m0/s1. The van der Waals surface area contributed by atoms with Crippen LogP contribution in [0.15, 0.2) is 18.2 Å². The molecular formula is C19H23IN2O3. The third kappa shape index (κ3) is 4.54. The number of aromatic nitrogens is 2. The Kier molecular flexibility index (Phi) is 5.98. The van der Waals surface area contributed by atoms with Crippen molar-refractivity contribution in [3.63, 3.8) is 0 Å². The summed E-state index contributed by atoms with van der Waals surface area (Å²) in [7, 11) is 0. The quantitative estimate of drug-likeness (QED) is 0.509. The van der Waals surface area contributed by atoms with Gasteiger partial charge in [0.2, 0.25) is 0 Å². The van der Waals surface area contributed by atoms with E-state index in [0.29, 0.717) is 19.6 Å². The number of carbonyl (C=O) groups is 1. The molecule has 0 unspecified atom stereocenters.